The highest BCUT2D eigenvalue weighted by molar-refractivity contribution is 9.10. The maximum absolute atomic E-state index is 5.69. The first-order valence-electron chi connectivity index (χ1n) is 7.05. The number of rotatable bonds is 7. The van der Waals surface area contributed by atoms with Gasteiger partial charge < -0.3 is 15.4 Å². The van der Waals surface area contributed by atoms with Gasteiger partial charge in [0, 0.05) is 23.2 Å². The summed E-state index contributed by atoms with van der Waals surface area (Å²) in [5, 5.41) is 0. The molecule has 0 radical (unpaired) electrons. The molecule has 2 N–H and O–H groups in total. The minimum atomic E-state index is 0.713. The van der Waals surface area contributed by atoms with E-state index < -0.39 is 0 Å². The molecule has 112 valence electrons. The Bertz CT molecular complexity index is 557. The van der Waals surface area contributed by atoms with E-state index in [-0.39, 0.29) is 0 Å². The van der Waals surface area contributed by atoms with Gasteiger partial charge in [-0.15, -0.1) is 0 Å². The third-order valence-electron chi connectivity index (χ3n) is 3.23. The lowest BCUT2D eigenvalue weighted by Crippen LogP contribution is -2.21. The molecule has 21 heavy (non-hydrogen) atoms. The van der Waals surface area contributed by atoms with Crippen LogP contribution in [0.4, 0.5) is 5.69 Å². The molecule has 0 aliphatic rings. The number of ether oxygens (including phenoxy) is 1. The minimum absolute atomic E-state index is 0.713. The van der Waals surface area contributed by atoms with Crippen LogP contribution in [0.15, 0.2) is 53.0 Å². The molecular formula is C17H21BrN2O. The van der Waals surface area contributed by atoms with E-state index in [0.29, 0.717) is 6.61 Å². The van der Waals surface area contributed by atoms with Crippen LogP contribution in [0.3, 0.4) is 0 Å². The standard InChI is InChI=1S/C17H21BrN2O/c1-20(13-14-5-2-3-6-17(14)18)11-4-12-21-16-9-7-15(19)8-10-16/h2-3,5-10H,4,11-13,19H2,1H3. The lowest BCUT2D eigenvalue weighted by Gasteiger charge is -2.17. The highest BCUT2D eigenvalue weighted by Crippen LogP contribution is 2.17. The zero-order valence-corrected chi connectivity index (χ0v) is 13.8. The molecule has 2 aromatic rings. The summed E-state index contributed by atoms with van der Waals surface area (Å²) in [6.07, 6.45) is 0.991. The quantitative estimate of drug-likeness (QED) is 0.608. The molecule has 0 aliphatic heterocycles. The number of nitrogen functional groups attached to an aromatic ring is 1. The molecule has 0 atom stereocenters. The molecule has 0 saturated heterocycles. The van der Waals surface area contributed by atoms with Crippen molar-refractivity contribution in [3.63, 3.8) is 0 Å². The summed E-state index contributed by atoms with van der Waals surface area (Å²) < 4.78 is 6.86. The molecule has 0 spiro atoms. The third-order valence-corrected chi connectivity index (χ3v) is 4.00. The minimum Gasteiger partial charge on any atom is -0.494 e. The largest absolute Gasteiger partial charge is 0.494 e. The van der Waals surface area contributed by atoms with Crippen molar-refractivity contribution in [3.8, 4) is 5.75 Å². The fourth-order valence-electron chi connectivity index (χ4n) is 2.09. The Morgan fingerprint density at radius 1 is 1.10 bits per heavy atom. The molecule has 0 aromatic heterocycles. The van der Waals surface area contributed by atoms with Gasteiger partial charge in [-0.2, -0.15) is 0 Å². The van der Waals surface area contributed by atoms with Crippen LogP contribution in [-0.4, -0.2) is 25.1 Å². The van der Waals surface area contributed by atoms with Crippen LogP contribution >= 0.6 is 15.9 Å². The molecule has 0 aliphatic carbocycles. The smallest absolute Gasteiger partial charge is 0.119 e. The van der Waals surface area contributed by atoms with Crippen LogP contribution in [0.25, 0.3) is 0 Å². The molecule has 0 fully saturated rings. The van der Waals surface area contributed by atoms with Gasteiger partial charge in [0.25, 0.3) is 0 Å². The van der Waals surface area contributed by atoms with E-state index in [1.165, 1.54) is 5.56 Å². The monoisotopic (exact) mass is 348 g/mol. The van der Waals surface area contributed by atoms with E-state index in [2.05, 4.69) is 46.1 Å². The Balaban J connectivity index is 1.68. The molecule has 0 bridgehead atoms. The van der Waals surface area contributed by atoms with Gasteiger partial charge in [-0.05, 0) is 49.4 Å². The Hall–Kier alpha value is -1.52. The zero-order valence-electron chi connectivity index (χ0n) is 12.3. The highest BCUT2D eigenvalue weighted by atomic mass is 79.9. The number of halogens is 1. The summed E-state index contributed by atoms with van der Waals surface area (Å²) >= 11 is 3.58. The van der Waals surface area contributed by atoms with Crippen LogP contribution < -0.4 is 10.5 Å². The van der Waals surface area contributed by atoms with Crippen molar-refractivity contribution < 1.29 is 4.74 Å². The average Bonchev–Trinajstić information content (AvgIpc) is 2.48. The summed E-state index contributed by atoms with van der Waals surface area (Å²) in [5.74, 6) is 0.873. The lowest BCUT2D eigenvalue weighted by atomic mass is 10.2. The number of nitrogens with two attached hydrogens (primary N) is 1. The predicted molar refractivity (Wildman–Crippen MR) is 91.4 cm³/mol. The molecule has 2 rings (SSSR count). The first-order valence-corrected chi connectivity index (χ1v) is 7.85. The van der Waals surface area contributed by atoms with E-state index >= 15 is 0 Å². The molecular weight excluding hydrogens is 328 g/mol. The SMILES string of the molecule is CN(CCCOc1ccc(N)cc1)Cc1ccccc1Br. The molecule has 3 nitrogen and oxygen atoms in total. The summed E-state index contributed by atoms with van der Waals surface area (Å²) in [5.41, 5.74) is 7.71. The Kier molecular flexibility index (Phi) is 6.08. The Morgan fingerprint density at radius 3 is 2.52 bits per heavy atom. The zero-order chi connectivity index (χ0) is 15.1. The first kappa shape index (κ1) is 15.9. The second kappa shape index (κ2) is 8.05. The van der Waals surface area contributed by atoms with Crippen molar-refractivity contribution in [3.05, 3.63) is 58.6 Å². The van der Waals surface area contributed by atoms with Crippen molar-refractivity contribution in [2.75, 3.05) is 25.9 Å². The fraction of sp³-hybridized carbons (Fsp3) is 0.294. The second-order valence-corrected chi connectivity index (χ2v) is 5.95. The number of nitrogens with zero attached hydrogens (tertiary/aromatic N) is 1. The van der Waals surface area contributed by atoms with Crippen molar-refractivity contribution in [1.29, 1.82) is 0 Å². The third kappa shape index (κ3) is 5.40. The molecule has 0 unspecified atom stereocenters. The highest BCUT2D eigenvalue weighted by Gasteiger charge is 2.03. The van der Waals surface area contributed by atoms with Crippen LogP contribution in [0.5, 0.6) is 5.75 Å². The lowest BCUT2D eigenvalue weighted by molar-refractivity contribution is 0.258. The van der Waals surface area contributed by atoms with Gasteiger partial charge in [0.2, 0.25) is 0 Å². The van der Waals surface area contributed by atoms with Crippen LogP contribution in [0, 0.1) is 0 Å². The van der Waals surface area contributed by atoms with Gasteiger partial charge in [-0.1, -0.05) is 34.1 Å². The number of hydrogen-bond donors (Lipinski definition) is 1. The molecule has 2 aromatic carbocycles. The molecule has 0 saturated carbocycles. The molecule has 0 heterocycles. The summed E-state index contributed by atoms with van der Waals surface area (Å²) in [4.78, 5) is 2.30. The fourth-order valence-corrected chi connectivity index (χ4v) is 2.50. The van der Waals surface area contributed by atoms with Crippen LogP contribution in [0.1, 0.15) is 12.0 Å². The van der Waals surface area contributed by atoms with E-state index in [1.807, 2.05) is 30.3 Å². The van der Waals surface area contributed by atoms with Crippen molar-refractivity contribution in [2.24, 2.45) is 0 Å². The van der Waals surface area contributed by atoms with Gasteiger partial charge in [0.1, 0.15) is 5.75 Å². The summed E-state index contributed by atoms with van der Waals surface area (Å²) in [6.45, 7) is 2.64. The Morgan fingerprint density at radius 2 is 1.81 bits per heavy atom. The van der Waals surface area contributed by atoms with Crippen molar-refractivity contribution >= 4 is 21.6 Å². The predicted octanol–water partition coefficient (Wildman–Crippen LogP) is 3.93. The van der Waals surface area contributed by atoms with Gasteiger partial charge in [-0.3, -0.25) is 0 Å². The topological polar surface area (TPSA) is 38.5 Å². The van der Waals surface area contributed by atoms with E-state index in [4.69, 9.17) is 10.5 Å². The maximum Gasteiger partial charge on any atom is 0.119 e. The van der Waals surface area contributed by atoms with E-state index in [9.17, 15) is 0 Å². The number of hydrogen-bond acceptors (Lipinski definition) is 3. The number of anilines is 1. The summed E-state index contributed by atoms with van der Waals surface area (Å²) in [7, 11) is 2.13. The van der Waals surface area contributed by atoms with Crippen molar-refractivity contribution in [1.82, 2.24) is 4.90 Å². The van der Waals surface area contributed by atoms with Gasteiger partial charge >= 0.3 is 0 Å². The van der Waals surface area contributed by atoms with Crippen molar-refractivity contribution in [2.45, 2.75) is 13.0 Å². The van der Waals surface area contributed by atoms with E-state index in [0.717, 1.165) is 35.4 Å². The van der Waals surface area contributed by atoms with Crippen LogP contribution in [0.2, 0.25) is 0 Å². The molecule has 4 heteroatoms. The second-order valence-electron chi connectivity index (χ2n) is 5.10. The van der Waals surface area contributed by atoms with Crippen LogP contribution in [-0.2, 0) is 6.54 Å². The Labute approximate surface area is 134 Å². The van der Waals surface area contributed by atoms with Gasteiger partial charge in [0.05, 0.1) is 6.61 Å². The van der Waals surface area contributed by atoms with Gasteiger partial charge in [-0.25, -0.2) is 0 Å². The molecule has 0 amide bonds. The number of benzene rings is 2. The van der Waals surface area contributed by atoms with E-state index in [1.54, 1.807) is 0 Å². The normalized spacial score (nSPS) is 10.8. The average molecular weight is 349 g/mol. The summed E-state index contributed by atoms with van der Waals surface area (Å²) in [6, 6.07) is 15.8. The van der Waals surface area contributed by atoms with Gasteiger partial charge in [0.15, 0.2) is 0 Å². The first-order chi connectivity index (χ1) is 10.1. The maximum atomic E-state index is 5.69.